The Hall–Kier alpha value is -1.51. The smallest absolute Gasteiger partial charge is 0.351 e. The van der Waals surface area contributed by atoms with Crippen LogP contribution < -0.4 is 10.6 Å². The Kier molecular flexibility index (Phi) is 5.53. The number of carbonyl (C=O) groups excluding carboxylic acids is 1. The quantitative estimate of drug-likeness (QED) is 0.754. The zero-order chi connectivity index (χ0) is 12.7. The van der Waals surface area contributed by atoms with Gasteiger partial charge in [0.05, 0.1) is 0 Å². The molecule has 0 aromatic heterocycles. The third-order valence-corrected chi connectivity index (χ3v) is 2.66. The zero-order valence-corrected chi connectivity index (χ0v) is 10.4. The Morgan fingerprint density at radius 2 is 2.06 bits per heavy atom. The summed E-state index contributed by atoms with van der Waals surface area (Å²) in [5, 5.41) is 0. The Bertz CT molecular complexity index is 341. The van der Waals surface area contributed by atoms with Crippen LogP contribution in [0, 0.1) is 12.8 Å². The van der Waals surface area contributed by atoms with E-state index in [9.17, 15) is 4.79 Å². The largest absolute Gasteiger partial charge is 1.00 e. The first-order chi connectivity index (χ1) is 8.11. The van der Waals surface area contributed by atoms with Crippen molar-refractivity contribution in [2.75, 3.05) is 11.4 Å². The van der Waals surface area contributed by atoms with Gasteiger partial charge in [-0.1, -0.05) is 44.9 Å². The predicted molar refractivity (Wildman–Crippen MR) is 72.9 cm³/mol. The van der Waals surface area contributed by atoms with Gasteiger partial charge in [0.25, 0.3) is 0 Å². The first kappa shape index (κ1) is 13.6. The Labute approximate surface area is 105 Å². The number of primary amides is 1. The van der Waals surface area contributed by atoms with Crippen molar-refractivity contribution in [3.63, 3.8) is 0 Å². The van der Waals surface area contributed by atoms with Crippen LogP contribution in [0.2, 0.25) is 0 Å². The van der Waals surface area contributed by atoms with E-state index in [1.165, 1.54) is 0 Å². The maximum absolute atomic E-state index is 11.4. The molecule has 1 atom stereocenters. The van der Waals surface area contributed by atoms with Gasteiger partial charge in [0.2, 0.25) is 0 Å². The number of unbranched alkanes of at least 4 members (excludes halogenated alkanes) is 1. The third kappa shape index (κ3) is 4.89. The van der Waals surface area contributed by atoms with Crippen LogP contribution in [0.25, 0.3) is 0 Å². The van der Waals surface area contributed by atoms with Crippen molar-refractivity contribution in [3.8, 4) is 0 Å². The maximum atomic E-state index is 11.4. The number of benzene rings is 1. The highest BCUT2D eigenvalue weighted by Crippen LogP contribution is 2.14. The average molecular weight is 234 g/mol. The van der Waals surface area contributed by atoms with Crippen LogP contribution in [0.15, 0.2) is 30.3 Å². The topological polar surface area (TPSA) is 46.3 Å². The summed E-state index contributed by atoms with van der Waals surface area (Å²) < 4.78 is 0. The lowest BCUT2D eigenvalue weighted by Crippen LogP contribution is -2.36. The number of hydrogen-bond acceptors (Lipinski definition) is 1. The van der Waals surface area contributed by atoms with E-state index >= 15 is 0 Å². The number of nitrogens with zero attached hydrogens (tertiary/aromatic N) is 1. The number of rotatable bonds is 6. The van der Waals surface area contributed by atoms with Crippen molar-refractivity contribution < 1.29 is 6.22 Å². The lowest BCUT2D eigenvalue weighted by molar-refractivity contribution is 0.253. The molecule has 1 unspecified atom stereocenters. The first-order valence-corrected chi connectivity index (χ1v) is 6.06. The molecule has 2 amide bonds. The molecule has 3 nitrogen and oxygen atoms in total. The molecular weight excluding hydrogens is 212 g/mol. The van der Waals surface area contributed by atoms with Crippen molar-refractivity contribution >= 4 is 11.7 Å². The Balaban J connectivity index is 0.00000289. The fourth-order valence-electron chi connectivity index (χ4n) is 1.74. The van der Waals surface area contributed by atoms with E-state index in [-0.39, 0.29) is 7.46 Å². The molecule has 0 heterocycles. The summed E-state index contributed by atoms with van der Waals surface area (Å²) in [5.41, 5.74) is 6.25. The minimum Gasteiger partial charge on any atom is -0.351 e. The lowest BCUT2D eigenvalue weighted by atomic mass is 10.1. The van der Waals surface area contributed by atoms with Crippen LogP contribution in [-0.4, -0.2) is 12.6 Å². The van der Waals surface area contributed by atoms with Crippen LogP contribution >= 0.6 is 0 Å². The van der Waals surface area contributed by atoms with Crippen molar-refractivity contribution in [2.45, 2.75) is 26.2 Å². The molecule has 0 bridgehead atoms. The van der Waals surface area contributed by atoms with Gasteiger partial charge in [-0.25, -0.2) is 4.79 Å². The van der Waals surface area contributed by atoms with Crippen LogP contribution in [-0.2, 0) is 0 Å². The molecule has 3 heteroatoms. The van der Waals surface area contributed by atoms with Crippen LogP contribution in [0.4, 0.5) is 10.5 Å². The second kappa shape index (κ2) is 6.94. The molecule has 0 aliphatic carbocycles. The minimum absolute atomic E-state index is 0. The van der Waals surface area contributed by atoms with Gasteiger partial charge in [-0.05, 0) is 24.5 Å². The summed E-state index contributed by atoms with van der Waals surface area (Å²) in [6.07, 6.45) is 3.11. The van der Waals surface area contributed by atoms with E-state index < -0.39 is 0 Å². The molecule has 17 heavy (non-hydrogen) atoms. The van der Waals surface area contributed by atoms with Crippen molar-refractivity contribution in [3.05, 3.63) is 37.3 Å². The lowest BCUT2D eigenvalue weighted by Gasteiger charge is -2.20. The number of carbonyl (C=O) groups is 1. The molecule has 0 saturated carbocycles. The normalized spacial score (nSPS) is 10.5. The molecule has 0 aliphatic heterocycles. The molecule has 0 saturated heterocycles. The average Bonchev–Trinajstić information content (AvgIpc) is 2.29. The van der Waals surface area contributed by atoms with Crippen LogP contribution in [0.3, 0.4) is 0 Å². The fourth-order valence-corrected chi connectivity index (χ4v) is 1.74. The highest BCUT2D eigenvalue weighted by atomic mass is 16.2. The number of nitrogens with two attached hydrogens (primary N) is 1. The van der Waals surface area contributed by atoms with Crippen molar-refractivity contribution in [1.82, 2.24) is 0 Å². The van der Waals surface area contributed by atoms with Crippen LogP contribution in [0.1, 0.15) is 27.6 Å². The van der Waals surface area contributed by atoms with E-state index in [2.05, 4.69) is 13.8 Å². The summed E-state index contributed by atoms with van der Waals surface area (Å²) >= 11 is 0. The van der Waals surface area contributed by atoms with E-state index in [4.69, 9.17) is 5.73 Å². The zero-order valence-electron chi connectivity index (χ0n) is 11.4. The Morgan fingerprint density at radius 1 is 1.41 bits per heavy atom. The monoisotopic (exact) mass is 234 g/mol. The van der Waals surface area contributed by atoms with Crippen molar-refractivity contribution in [2.24, 2.45) is 11.7 Å². The predicted octanol–water partition coefficient (Wildman–Crippen LogP) is 3.32. The number of para-hydroxylation sites is 1. The molecule has 1 radical (unpaired) electrons. The number of urea groups is 1. The molecule has 93 valence electrons. The summed E-state index contributed by atoms with van der Waals surface area (Å²) in [5.74, 6) is 0.466. The standard InChI is InChI=1S/C14H21N2O/c1-12(2)8-6-7-11-16(14(15)17)13-9-4-3-5-10-13/h3-5,9-10,12H,1,6-8,11H2,2H3,(H2,15,17)/p+1. The van der Waals surface area contributed by atoms with Gasteiger partial charge in [0.15, 0.2) is 0 Å². The summed E-state index contributed by atoms with van der Waals surface area (Å²) in [6, 6.07) is 9.14. The number of hydrogen-bond donors (Lipinski definition) is 1. The highest BCUT2D eigenvalue weighted by Gasteiger charge is 2.10. The van der Waals surface area contributed by atoms with Gasteiger partial charge >= 0.3 is 7.46 Å². The van der Waals surface area contributed by atoms with Crippen LogP contribution in [0.5, 0.6) is 0 Å². The van der Waals surface area contributed by atoms with E-state index in [0.29, 0.717) is 12.5 Å². The second-order valence-corrected chi connectivity index (χ2v) is 4.43. The minimum atomic E-state index is -0.390. The summed E-state index contributed by atoms with van der Waals surface area (Å²) in [6.45, 7) is 6.72. The van der Waals surface area contributed by atoms with E-state index in [0.717, 1.165) is 24.9 Å². The molecule has 2 N–H and O–H groups in total. The van der Waals surface area contributed by atoms with E-state index in [1.54, 1.807) is 4.90 Å². The second-order valence-electron chi connectivity index (χ2n) is 4.43. The molecular formula is C14H22N2O+. The first-order valence-electron chi connectivity index (χ1n) is 6.06. The van der Waals surface area contributed by atoms with Gasteiger partial charge in [-0.3, -0.25) is 4.90 Å². The van der Waals surface area contributed by atoms with Gasteiger partial charge in [0.1, 0.15) is 0 Å². The summed E-state index contributed by atoms with van der Waals surface area (Å²) in [4.78, 5) is 13.0. The van der Waals surface area contributed by atoms with Gasteiger partial charge in [-0.15, -0.1) is 0 Å². The summed E-state index contributed by atoms with van der Waals surface area (Å²) in [7, 11) is 0. The molecule has 1 rings (SSSR count). The number of amides is 2. The van der Waals surface area contributed by atoms with Gasteiger partial charge in [-0.2, -0.15) is 0 Å². The molecule has 0 aliphatic rings. The van der Waals surface area contributed by atoms with Gasteiger partial charge < -0.3 is 5.73 Å². The van der Waals surface area contributed by atoms with Crippen molar-refractivity contribution in [1.29, 1.82) is 0 Å². The van der Waals surface area contributed by atoms with E-state index in [1.807, 2.05) is 30.3 Å². The van der Waals surface area contributed by atoms with Gasteiger partial charge in [0, 0.05) is 12.2 Å². The Morgan fingerprint density at radius 3 is 2.59 bits per heavy atom. The third-order valence-electron chi connectivity index (χ3n) is 2.66. The number of anilines is 1. The SMILES string of the molecule is [CH2]C(C)CCCCN(C(N)=O)c1ccccc1.[H+]. The molecule has 0 spiro atoms. The molecule has 1 aromatic carbocycles. The maximum Gasteiger partial charge on any atom is 1.00 e. The molecule has 0 fully saturated rings. The highest BCUT2D eigenvalue weighted by molar-refractivity contribution is 5.90. The fraction of sp³-hybridized carbons (Fsp3) is 0.429. The molecule has 1 aromatic rings.